The van der Waals surface area contributed by atoms with Crippen LogP contribution in [0.3, 0.4) is 0 Å². The molecule has 132 valence electrons. The van der Waals surface area contributed by atoms with Gasteiger partial charge in [-0.25, -0.2) is 9.78 Å². The SMILES string of the molecule is CCO[C@H]1O[C@@H]2O[C@@]3(C)C[C@H](O)[C@@H]4[C@@H](C)CC[C@@H]([C@H]1C)[C@]24OO3. The molecular formula is C17H28O6. The Morgan fingerprint density at radius 2 is 2.00 bits per heavy atom. The average Bonchev–Trinajstić information content (AvgIpc) is 2.66. The predicted molar refractivity (Wildman–Crippen MR) is 79.8 cm³/mol. The van der Waals surface area contributed by atoms with Gasteiger partial charge in [-0.15, -0.1) is 0 Å². The molecule has 0 aromatic heterocycles. The minimum atomic E-state index is -0.978. The van der Waals surface area contributed by atoms with Crippen LogP contribution in [0.1, 0.15) is 47.0 Å². The Morgan fingerprint density at radius 3 is 2.74 bits per heavy atom. The molecule has 6 nitrogen and oxygen atoms in total. The second kappa shape index (κ2) is 5.38. The topological polar surface area (TPSA) is 66.4 Å². The van der Waals surface area contributed by atoms with Crippen molar-refractivity contribution in [1.29, 1.82) is 0 Å². The highest BCUT2D eigenvalue weighted by Crippen LogP contribution is 2.60. The smallest absolute Gasteiger partial charge is 0.204 e. The number of fused-ring (bicyclic) bond motifs is 2. The zero-order valence-electron chi connectivity index (χ0n) is 14.4. The Labute approximate surface area is 137 Å². The van der Waals surface area contributed by atoms with E-state index in [9.17, 15) is 5.11 Å². The van der Waals surface area contributed by atoms with E-state index in [0.717, 1.165) is 12.8 Å². The summed E-state index contributed by atoms with van der Waals surface area (Å²) in [7, 11) is 0. The Balaban J connectivity index is 1.79. The van der Waals surface area contributed by atoms with Gasteiger partial charge in [-0.3, -0.25) is 0 Å². The standard InChI is InChI=1S/C17H28O6/c1-5-19-14-10(3)11-7-6-9(2)13-12(18)8-16(4)21-15(20-14)17(11,13)23-22-16/h9-15,18H,5-8H2,1-4H3/t9-,10+,11-,12-,13-,14-,15+,16+,17+/m0/s1. The molecule has 4 saturated heterocycles. The van der Waals surface area contributed by atoms with E-state index in [1.54, 1.807) is 6.92 Å². The molecule has 0 aromatic rings. The fraction of sp³-hybridized carbons (Fsp3) is 1.00. The van der Waals surface area contributed by atoms with E-state index in [1.807, 2.05) is 6.92 Å². The highest BCUT2D eigenvalue weighted by molar-refractivity contribution is 5.11. The van der Waals surface area contributed by atoms with E-state index in [0.29, 0.717) is 18.9 Å². The van der Waals surface area contributed by atoms with Crippen molar-refractivity contribution in [1.82, 2.24) is 0 Å². The Hall–Kier alpha value is -0.240. The third-order valence-corrected chi connectivity index (χ3v) is 6.38. The van der Waals surface area contributed by atoms with Gasteiger partial charge in [-0.2, -0.15) is 0 Å². The lowest BCUT2D eigenvalue weighted by Gasteiger charge is -2.60. The van der Waals surface area contributed by atoms with Crippen molar-refractivity contribution in [2.75, 3.05) is 6.61 Å². The molecule has 5 fully saturated rings. The van der Waals surface area contributed by atoms with E-state index < -0.39 is 23.8 Å². The van der Waals surface area contributed by atoms with Crippen molar-refractivity contribution in [2.24, 2.45) is 23.7 Å². The molecule has 0 radical (unpaired) electrons. The molecule has 9 atom stereocenters. The van der Waals surface area contributed by atoms with Crippen molar-refractivity contribution < 1.29 is 29.1 Å². The van der Waals surface area contributed by atoms with Crippen LogP contribution in [0.2, 0.25) is 0 Å². The second-order valence-corrected chi connectivity index (χ2v) is 7.88. The molecule has 6 heteroatoms. The zero-order valence-corrected chi connectivity index (χ0v) is 14.4. The maximum atomic E-state index is 10.9. The Kier molecular flexibility index (Phi) is 3.80. The molecule has 1 aliphatic carbocycles. The second-order valence-electron chi connectivity index (χ2n) is 7.88. The van der Waals surface area contributed by atoms with E-state index in [4.69, 9.17) is 24.0 Å². The number of hydrogen-bond acceptors (Lipinski definition) is 6. The number of aliphatic hydroxyl groups excluding tert-OH is 1. The summed E-state index contributed by atoms with van der Waals surface area (Å²) in [5, 5.41) is 10.9. The van der Waals surface area contributed by atoms with E-state index >= 15 is 0 Å². The first-order chi connectivity index (χ1) is 10.9. The maximum Gasteiger partial charge on any atom is 0.204 e. The normalized spacial score (nSPS) is 58.6. The quantitative estimate of drug-likeness (QED) is 0.784. The first-order valence-electron chi connectivity index (χ1n) is 8.91. The Morgan fingerprint density at radius 1 is 1.22 bits per heavy atom. The van der Waals surface area contributed by atoms with Crippen LogP contribution in [0.15, 0.2) is 0 Å². The summed E-state index contributed by atoms with van der Waals surface area (Å²) < 4.78 is 18.2. The largest absolute Gasteiger partial charge is 0.392 e. The van der Waals surface area contributed by atoms with Crippen LogP contribution in [0.25, 0.3) is 0 Å². The maximum absolute atomic E-state index is 10.9. The van der Waals surface area contributed by atoms with Gasteiger partial charge >= 0.3 is 0 Å². The van der Waals surface area contributed by atoms with E-state index in [-0.39, 0.29) is 24.0 Å². The molecule has 1 spiro atoms. The van der Waals surface area contributed by atoms with Crippen LogP contribution < -0.4 is 0 Å². The molecule has 1 N–H and O–H groups in total. The van der Waals surface area contributed by atoms with Crippen molar-refractivity contribution in [2.45, 2.75) is 77.0 Å². The van der Waals surface area contributed by atoms with Gasteiger partial charge in [0.05, 0.1) is 6.10 Å². The van der Waals surface area contributed by atoms with Crippen LogP contribution in [-0.2, 0) is 24.0 Å². The number of rotatable bonds is 2. The van der Waals surface area contributed by atoms with Crippen LogP contribution in [-0.4, -0.2) is 41.8 Å². The number of aliphatic hydroxyl groups is 1. The molecular weight excluding hydrogens is 300 g/mol. The third-order valence-electron chi connectivity index (χ3n) is 6.38. The minimum absolute atomic E-state index is 0.0550. The monoisotopic (exact) mass is 328 g/mol. The van der Waals surface area contributed by atoms with Gasteiger partial charge < -0.3 is 19.3 Å². The molecule has 4 heterocycles. The van der Waals surface area contributed by atoms with Crippen LogP contribution in [0.4, 0.5) is 0 Å². The molecule has 0 aromatic carbocycles. The van der Waals surface area contributed by atoms with Crippen LogP contribution >= 0.6 is 0 Å². The molecule has 1 saturated carbocycles. The van der Waals surface area contributed by atoms with Gasteiger partial charge in [0.25, 0.3) is 0 Å². The lowest BCUT2D eigenvalue weighted by atomic mass is 9.57. The van der Waals surface area contributed by atoms with Gasteiger partial charge in [0.2, 0.25) is 5.79 Å². The summed E-state index contributed by atoms with van der Waals surface area (Å²) in [6.45, 7) is 8.68. The highest BCUT2D eigenvalue weighted by Gasteiger charge is 2.71. The number of ether oxygens (including phenoxy) is 3. The molecule has 5 rings (SSSR count). The molecule has 2 bridgehead atoms. The fourth-order valence-electron chi connectivity index (χ4n) is 5.39. The van der Waals surface area contributed by atoms with Crippen molar-refractivity contribution in [3.63, 3.8) is 0 Å². The summed E-state index contributed by atoms with van der Waals surface area (Å²) >= 11 is 0. The van der Waals surface area contributed by atoms with Crippen LogP contribution in [0, 0.1) is 23.7 Å². The lowest BCUT2D eigenvalue weighted by molar-refractivity contribution is -0.577. The number of hydrogen-bond donors (Lipinski definition) is 1. The van der Waals surface area contributed by atoms with Gasteiger partial charge in [0.1, 0.15) is 0 Å². The summed E-state index contributed by atoms with van der Waals surface area (Å²) in [6.07, 6.45) is 1.05. The first kappa shape index (κ1) is 16.2. The zero-order chi connectivity index (χ0) is 16.4. The summed E-state index contributed by atoms with van der Waals surface area (Å²) in [5.74, 6) is -0.371. The van der Waals surface area contributed by atoms with Gasteiger partial charge in [-0.1, -0.05) is 13.8 Å². The summed E-state index contributed by atoms with van der Waals surface area (Å²) in [5.41, 5.74) is -0.750. The van der Waals surface area contributed by atoms with E-state index in [1.165, 1.54) is 0 Å². The van der Waals surface area contributed by atoms with Crippen molar-refractivity contribution in [3.8, 4) is 0 Å². The molecule has 4 aliphatic heterocycles. The van der Waals surface area contributed by atoms with Gasteiger partial charge in [0.15, 0.2) is 18.2 Å². The highest BCUT2D eigenvalue weighted by atomic mass is 17.3. The molecule has 0 amide bonds. The predicted octanol–water partition coefficient (Wildman–Crippen LogP) is 2.20. The Bertz CT molecular complexity index is 472. The molecule has 0 unspecified atom stereocenters. The third kappa shape index (κ3) is 2.16. The molecule has 5 aliphatic rings. The van der Waals surface area contributed by atoms with Crippen molar-refractivity contribution in [3.05, 3.63) is 0 Å². The van der Waals surface area contributed by atoms with Crippen molar-refractivity contribution >= 4 is 0 Å². The van der Waals surface area contributed by atoms with E-state index in [2.05, 4.69) is 13.8 Å². The lowest BCUT2D eigenvalue weighted by Crippen LogP contribution is -2.71. The summed E-state index contributed by atoms with van der Waals surface area (Å²) in [6, 6.07) is 0. The molecule has 23 heavy (non-hydrogen) atoms. The fourth-order valence-corrected chi connectivity index (χ4v) is 5.39. The first-order valence-corrected chi connectivity index (χ1v) is 8.91. The van der Waals surface area contributed by atoms with Gasteiger partial charge in [-0.05, 0) is 32.6 Å². The van der Waals surface area contributed by atoms with Gasteiger partial charge in [0, 0.05) is 30.8 Å². The summed E-state index contributed by atoms with van der Waals surface area (Å²) in [4.78, 5) is 11.7. The minimum Gasteiger partial charge on any atom is -0.392 e. The average molecular weight is 328 g/mol. The van der Waals surface area contributed by atoms with Crippen LogP contribution in [0.5, 0.6) is 0 Å².